The average Bonchev–Trinajstić information content (AvgIpc) is 3.23. The summed E-state index contributed by atoms with van der Waals surface area (Å²) in [6.07, 6.45) is 3.24. The van der Waals surface area contributed by atoms with E-state index in [1.165, 1.54) is 0 Å². The predicted molar refractivity (Wildman–Crippen MR) is 106 cm³/mol. The Labute approximate surface area is 167 Å². The zero-order chi connectivity index (χ0) is 20.7. The summed E-state index contributed by atoms with van der Waals surface area (Å²) in [5, 5.41) is 5.91. The van der Waals surface area contributed by atoms with E-state index in [-0.39, 0.29) is 23.9 Å². The molecule has 0 aromatic carbocycles. The normalized spacial score (nSPS) is 20.8. The zero-order valence-corrected chi connectivity index (χ0v) is 17.6. The van der Waals surface area contributed by atoms with Gasteiger partial charge < -0.3 is 24.5 Å². The van der Waals surface area contributed by atoms with Crippen LogP contribution in [0.15, 0.2) is 22.8 Å². The van der Waals surface area contributed by atoms with Gasteiger partial charge in [-0.2, -0.15) is 0 Å². The summed E-state index contributed by atoms with van der Waals surface area (Å²) < 4.78 is 16.5. The van der Waals surface area contributed by atoms with Gasteiger partial charge in [-0.05, 0) is 58.1 Å². The number of furan rings is 1. The second-order valence-electron chi connectivity index (χ2n) is 8.86. The molecule has 2 N–H and O–H groups in total. The number of hydrogen-bond donors (Lipinski definition) is 2. The molecule has 3 atom stereocenters. The van der Waals surface area contributed by atoms with Crippen LogP contribution < -0.4 is 10.6 Å². The fourth-order valence-electron chi connectivity index (χ4n) is 3.22. The average molecular weight is 395 g/mol. The van der Waals surface area contributed by atoms with Crippen molar-refractivity contribution >= 4 is 12.0 Å². The molecule has 1 heterocycles. The largest absolute Gasteiger partial charge is 0.467 e. The lowest BCUT2D eigenvalue weighted by molar-refractivity contribution is -0.126. The zero-order valence-electron chi connectivity index (χ0n) is 17.6. The van der Waals surface area contributed by atoms with E-state index in [9.17, 15) is 9.59 Å². The molecule has 158 valence electrons. The lowest BCUT2D eigenvalue weighted by atomic mass is 10.1. The third-order valence-corrected chi connectivity index (χ3v) is 4.46. The number of carbonyl (C=O) groups excluding carboxylic acids is 2. The second-order valence-corrected chi connectivity index (χ2v) is 8.86. The minimum Gasteiger partial charge on any atom is -0.467 e. The van der Waals surface area contributed by atoms with Crippen molar-refractivity contribution in [3.8, 4) is 0 Å². The highest BCUT2D eigenvalue weighted by Crippen LogP contribution is 2.27. The van der Waals surface area contributed by atoms with Crippen LogP contribution in [0.2, 0.25) is 0 Å². The van der Waals surface area contributed by atoms with Crippen LogP contribution in [-0.4, -0.2) is 36.9 Å². The van der Waals surface area contributed by atoms with Crippen molar-refractivity contribution in [2.45, 2.75) is 71.6 Å². The molecule has 28 heavy (non-hydrogen) atoms. The van der Waals surface area contributed by atoms with Crippen LogP contribution in [0.5, 0.6) is 0 Å². The van der Waals surface area contributed by atoms with Crippen molar-refractivity contribution in [3.63, 3.8) is 0 Å². The van der Waals surface area contributed by atoms with Crippen molar-refractivity contribution in [2.24, 2.45) is 11.8 Å². The summed E-state index contributed by atoms with van der Waals surface area (Å²) in [5.41, 5.74) is -0.536. The van der Waals surface area contributed by atoms with E-state index < -0.39 is 11.7 Å². The number of rotatable bonds is 8. The summed E-state index contributed by atoms with van der Waals surface area (Å²) in [7, 11) is 0. The molecule has 2 amide bonds. The molecule has 7 nitrogen and oxygen atoms in total. The molecule has 2 rings (SSSR count). The fourth-order valence-corrected chi connectivity index (χ4v) is 3.22. The van der Waals surface area contributed by atoms with Gasteiger partial charge in [-0.1, -0.05) is 13.8 Å². The summed E-state index contributed by atoms with van der Waals surface area (Å²) in [5.74, 6) is 0.909. The molecule has 0 saturated heterocycles. The standard InChI is InChI=1S/C21H34N2O5/c1-14(2)12-26-13-17(18-7-6-10-27-18)23-19(24)15-8-9-16(11-15)22-20(25)28-21(3,4)5/h6-7,10,14-17H,8-9,11-13H2,1-5H3,(H,22,25)(H,23,24)/t15-,16-,17-/m0/s1. The van der Waals surface area contributed by atoms with Crippen LogP contribution >= 0.6 is 0 Å². The van der Waals surface area contributed by atoms with Gasteiger partial charge in [-0.15, -0.1) is 0 Å². The van der Waals surface area contributed by atoms with E-state index in [1.807, 2.05) is 26.8 Å². The lowest BCUT2D eigenvalue weighted by Gasteiger charge is -2.22. The topological polar surface area (TPSA) is 89.8 Å². The molecule has 0 bridgehead atoms. The van der Waals surface area contributed by atoms with Gasteiger partial charge in [0.2, 0.25) is 5.91 Å². The fraction of sp³-hybridized carbons (Fsp3) is 0.714. The van der Waals surface area contributed by atoms with Gasteiger partial charge >= 0.3 is 6.09 Å². The highest BCUT2D eigenvalue weighted by molar-refractivity contribution is 5.79. The first kappa shape index (κ1) is 22.3. The van der Waals surface area contributed by atoms with Crippen LogP contribution in [-0.2, 0) is 14.3 Å². The first-order chi connectivity index (χ1) is 13.1. The molecule has 0 aliphatic heterocycles. The Hall–Kier alpha value is -2.02. The lowest BCUT2D eigenvalue weighted by Crippen LogP contribution is -2.39. The Bertz CT molecular complexity index is 621. The van der Waals surface area contributed by atoms with Gasteiger partial charge in [0.1, 0.15) is 17.4 Å². The summed E-state index contributed by atoms with van der Waals surface area (Å²) in [4.78, 5) is 24.7. The summed E-state index contributed by atoms with van der Waals surface area (Å²) in [6, 6.07) is 3.27. The summed E-state index contributed by atoms with van der Waals surface area (Å²) >= 11 is 0. The molecule has 1 fully saturated rings. The van der Waals surface area contributed by atoms with Crippen molar-refractivity contribution in [3.05, 3.63) is 24.2 Å². The maximum Gasteiger partial charge on any atom is 0.407 e. The molecular weight excluding hydrogens is 360 g/mol. The van der Waals surface area contributed by atoms with E-state index in [4.69, 9.17) is 13.9 Å². The first-order valence-electron chi connectivity index (χ1n) is 10.0. The Morgan fingerprint density at radius 3 is 2.61 bits per heavy atom. The Balaban J connectivity index is 1.85. The van der Waals surface area contributed by atoms with E-state index in [0.29, 0.717) is 31.3 Å². The Morgan fingerprint density at radius 1 is 1.25 bits per heavy atom. The SMILES string of the molecule is CC(C)COC[C@H](NC(=O)[C@H]1CC[C@H](NC(=O)OC(C)(C)C)C1)c1ccco1. The minimum atomic E-state index is -0.536. The van der Waals surface area contributed by atoms with Crippen LogP contribution in [0.25, 0.3) is 0 Å². The molecule has 1 aromatic rings. The van der Waals surface area contributed by atoms with Gasteiger partial charge in [0.05, 0.1) is 12.9 Å². The molecule has 0 radical (unpaired) electrons. The highest BCUT2D eigenvalue weighted by atomic mass is 16.6. The van der Waals surface area contributed by atoms with Crippen LogP contribution in [0.1, 0.15) is 65.7 Å². The first-order valence-corrected chi connectivity index (χ1v) is 10.0. The molecule has 1 aromatic heterocycles. The van der Waals surface area contributed by atoms with Gasteiger partial charge in [0, 0.05) is 18.6 Å². The number of amides is 2. The predicted octanol–water partition coefficient (Wildman–Crippen LogP) is 3.80. The number of nitrogens with one attached hydrogen (secondary N) is 2. The highest BCUT2D eigenvalue weighted by Gasteiger charge is 2.33. The molecule has 1 saturated carbocycles. The number of ether oxygens (including phenoxy) is 2. The van der Waals surface area contributed by atoms with E-state index in [1.54, 1.807) is 12.3 Å². The Morgan fingerprint density at radius 2 is 2.00 bits per heavy atom. The second kappa shape index (κ2) is 9.96. The summed E-state index contributed by atoms with van der Waals surface area (Å²) in [6.45, 7) is 10.6. The van der Waals surface area contributed by atoms with Gasteiger partial charge in [-0.3, -0.25) is 4.79 Å². The van der Waals surface area contributed by atoms with Crippen molar-refractivity contribution in [1.82, 2.24) is 10.6 Å². The number of hydrogen-bond acceptors (Lipinski definition) is 5. The molecule has 0 spiro atoms. The monoisotopic (exact) mass is 394 g/mol. The van der Waals surface area contributed by atoms with Gasteiger partial charge in [0.25, 0.3) is 0 Å². The molecule has 1 aliphatic rings. The molecular formula is C21H34N2O5. The molecule has 1 aliphatic carbocycles. The van der Waals surface area contributed by atoms with Crippen molar-refractivity contribution in [1.29, 1.82) is 0 Å². The number of alkyl carbamates (subject to hydrolysis) is 1. The smallest absolute Gasteiger partial charge is 0.407 e. The number of carbonyl (C=O) groups is 2. The third-order valence-electron chi connectivity index (χ3n) is 4.46. The molecule has 0 unspecified atom stereocenters. The molecule has 7 heteroatoms. The third kappa shape index (κ3) is 7.54. The van der Waals surface area contributed by atoms with Crippen molar-refractivity contribution < 1.29 is 23.5 Å². The quantitative estimate of drug-likeness (QED) is 0.700. The Kier molecular flexibility index (Phi) is 7.92. The van der Waals surface area contributed by atoms with Gasteiger partial charge in [-0.25, -0.2) is 4.79 Å². The van der Waals surface area contributed by atoms with E-state index in [2.05, 4.69) is 24.5 Å². The van der Waals surface area contributed by atoms with Crippen LogP contribution in [0.4, 0.5) is 4.79 Å². The van der Waals surface area contributed by atoms with Crippen LogP contribution in [0, 0.1) is 11.8 Å². The maximum atomic E-state index is 12.8. The maximum absolute atomic E-state index is 12.8. The van der Waals surface area contributed by atoms with Crippen LogP contribution in [0.3, 0.4) is 0 Å². The van der Waals surface area contributed by atoms with E-state index in [0.717, 1.165) is 12.8 Å². The minimum absolute atomic E-state index is 0.0389. The van der Waals surface area contributed by atoms with Crippen molar-refractivity contribution in [2.75, 3.05) is 13.2 Å². The van der Waals surface area contributed by atoms with Gasteiger partial charge in [0.15, 0.2) is 0 Å². The van der Waals surface area contributed by atoms with E-state index >= 15 is 0 Å².